The Kier molecular flexibility index (Phi) is 7.81. The van der Waals surface area contributed by atoms with Crippen molar-refractivity contribution in [1.82, 2.24) is 9.88 Å². The molecule has 4 rings (SSSR count). The first-order chi connectivity index (χ1) is 16.2. The molecule has 178 valence electrons. The molecule has 0 spiro atoms. The van der Waals surface area contributed by atoms with E-state index in [1.807, 2.05) is 36.4 Å². The standard InChI is InChI=1S/C26H35FN4O2/c1-33-23-10-4-3-9-22(23)30-18-15-29(16-19-30)17-20-31(24-11-5-8-14-28-24)25(32)26(21-27)12-6-2-7-13-26/h3-5,8-11,14H,2,6-7,12-13,15-21H2,1H3. The minimum Gasteiger partial charge on any atom is -0.495 e. The van der Waals surface area contributed by atoms with Gasteiger partial charge in [0.2, 0.25) is 5.91 Å². The average molecular weight is 455 g/mol. The molecule has 7 heteroatoms. The number of piperazine rings is 1. The van der Waals surface area contributed by atoms with Crippen LogP contribution in [0.5, 0.6) is 5.75 Å². The lowest BCUT2D eigenvalue weighted by atomic mass is 9.74. The van der Waals surface area contributed by atoms with Gasteiger partial charge in [0.05, 0.1) is 18.2 Å². The van der Waals surface area contributed by atoms with Crippen molar-refractivity contribution in [3.8, 4) is 5.75 Å². The number of methoxy groups -OCH3 is 1. The van der Waals surface area contributed by atoms with Crippen molar-refractivity contribution < 1.29 is 13.9 Å². The highest BCUT2D eigenvalue weighted by Gasteiger charge is 2.43. The molecule has 33 heavy (non-hydrogen) atoms. The molecule has 1 aromatic heterocycles. The highest BCUT2D eigenvalue weighted by atomic mass is 19.1. The van der Waals surface area contributed by atoms with Crippen LogP contribution >= 0.6 is 0 Å². The van der Waals surface area contributed by atoms with E-state index in [-0.39, 0.29) is 5.91 Å². The van der Waals surface area contributed by atoms with E-state index in [9.17, 15) is 9.18 Å². The Balaban J connectivity index is 1.41. The summed E-state index contributed by atoms with van der Waals surface area (Å²) >= 11 is 0. The molecule has 0 unspecified atom stereocenters. The summed E-state index contributed by atoms with van der Waals surface area (Å²) in [5.74, 6) is 1.41. The van der Waals surface area contributed by atoms with Gasteiger partial charge in [-0.3, -0.25) is 14.6 Å². The number of carbonyl (C=O) groups is 1. The fraction of sp³-hybridized carbons (Fsp3) is 0.538. The zero-order valence-corrected chi connectivity index (χ0v) is 19.6. The van der Waals surface area contributed by atoms with Crippen molar-refractivity contribution in [1.29, 1.82) is 0 Å². The number of halogens is 1. The summed E-state index contributed by atoms with van der Waals surface area (Å²) in [6.07, 6.45) is 5.86. The molecule has 2 aromatic rings. The Labute approximate surface area is 196 Å². The van der Waals surface area contributed by atoms with Gasteiger partial charge in [0.15, 0.2) is 0 Å². The van der Waals surface area contributed by atoms with Gasteiger partial charge in [-0.15, -0.1) is 0 Å². The van der Waals surface area contributed by atoms with Gasteiger partial charge in [-0.2, -0.15) is 0 Å². The molecule has 1 aliphatic carbocycles. The van der Waals surface area contributed by atoms with Crippen LogP contribution in [0, 0.1) is 5.41 Å². The number of hydrogen-bond donors (Lipinski definition) is 0. The molecular weight excluding hydrogens is 419 g/mol. The maximum absolute atomic E-state index is 14.2. The Morgan fingerprint density at radius 2 is 1.79 bits per heavy atom. The van der Waals surface area contributed by atoms with E-state index in [0.717, 1.165) is 63.4 Å². The van der Waals surface area contributed by atoms with E-state index in [2.05, 4.69) is 20.9 Å². The first kappa shape index (κ1) is 23.5. The van der Waals surface area contributed by atoms with Crippen molar-refractivity contribution in [2.24, 2.45) is 5.41 Å². The number of aromatic nitrogens is 1. The van der Waals surface area contributed by atoms with Crippen LogP contribution in [0.15, 0.2) is 48.7 Å². The SMILES string of the molecule is COc1ccccc1N1CCN(CCN(C(=O)C2(CF)CCCCC2)c2ccccn2)CC1. The number of pyridine rings is 1. The molecule has 2 aliphatic rings. The second kappa shape index (κ2) is 11.0. The molecular formula is C26H35FN4O2. The lowest BCUT2D eigenvalue weighted by Gasteiger charge is -2.40. The van der Waals surface area contributed by atoms with Crippen molar-refractivity contribution in [2.75, 3.05) is 62.9 Å². The van der Waals surface area contributed by atoms with Gasteiger partial charge >= 0.3 is 0 Å². The van der Waals surface area contributed by atoms with Gasteiger partial charge in [-0.1, -0.05) is 37.5 Å². The summed E-state index contributed by atoms with van der Waals surface area (Å²) < 4.78 is 19.7. The molecule has 1 amide bonds. The summed E-state index contributed by atoms with van der Waals surface area (Å²) in [4.78, 5) is 24.5. The van der Waals surface area contributed by atoms with Crippen LogP contribution in [-0.2, 0) is 4.79 Å². The van der Waals surface area contributed by atoms with Gasteiger partial charge < -0.3 is 9.64 Å². The summed E-state index contributed by atoms with van der Waals surface area (Å²) in [6, 6.07) is 13.7. The number of carbonyl (C=O) groups excluding carboxylic acids is 1. The highest BCUT2D eigenvalue weighted by Crippen LogP contribution is 2.39. The third kappa shape index (κ3) is 5.29. The number of ether oxygens (including phenoxy) is 1. The summed E-state index contributed by atoms with van der Waals surface area (Å²) in [6.45, 7) is 4.26. The zero-order valence-electron chi connectivity index (χ0n) is 19.6. The highest BCUT2D eigenvalue weighted by molar-refractivity contribution is 5.97. The average Bonchev–Trinajstić information content (AvgIpc) is 2.90. The third-order valence-corrected chi connectivity index (χ3v) is 7.13. The quantitative estimate of drug-likeness (QED) is 0.599. The Bertz CT molecular complexity index is 896. The van der Waals surface area contributed by atoms with E-state index in [4.69, 9.17) is 4.74 Å². The summed E-state index contributed by atoms with van der Waals surface area (Å²) in [5, 5.41) is 0. The molecule has 0 N–H and O–H groups in total. The van der Waals surface area contributed by atoms with Crippen molar-refractivity contribution in [2.45, 2.75) is 32.1 Å². The van der Waals surface area contributed by atoms with Crippen molar-refractivity contribution in [3.63, 3.8) is 0 Å². The number of nitrogens with zero attached hydrogens (tertiary/aromatic N) is 4. The Hall–Kier alpha value is -2.67. The predicted octanol–water partition coefficient (Wildman–Crippen LogP) is 4.17. The molecule has 1 aromatic carbocycles. The third-order valence-electron chi connectivity index (χ3n) is 7.13. The smallest absolute Gasteiger partial charge is 0.237 e. The van der Waals surface area contributed by atoms with Crippen LogP contribution in [0.3, 0.4) is 0 Å². The van der Waals surface area contributed by atoms with Crippen LogP contribution in [0.25, 0.3) is 0 Å². The van der Waals surface area contributed by atoms with Gasteiger partial charge in [0, 0.05) is 45.5 Å². The van der Waals surface area contributed by atoms with Crippen molar-refractivity contribution >= 4 is 17.4 Å². The number of alkyl halides is 1. The maximum Gasteiger partial charge on any atom is 0.237 e. The zero-order chi connectivity index (χ0) is 23.1. The molecule has 0 radical (unpaired) electrons. The number of hydrogen-bond acceptors (Lipinski definition) is 5. The number of anilines is 2. The first-order valence-corrected chi connectivity index (χ1v) is 12.1. The molecule has 0 bridgehead atoms. The fourth-order valence-electron chi connectivity index (χ4n) is 5.10. The minimum atomic E-state index is -0.891. The molecule has 0 atom stereocenters. The number of para-hydroxylation sites is 2. The topological polar surface area (TPSA) is 48.9 Å². The van der Waals surface area contributed by atoms with Gasteiger partial charge in [0.25, 0.3) is 0 Å². The van der Waals surface area contributed by atoms with Crippen molar-refractivity contribution in [3.05, 3.63) is 48.7 Å². The minimum absolute atomic E-state index is 0.101. The molecule has 2 fully saturated rings. The Morgan fingerprint density at radius 3 is 2.45 bits per heavy atom. The summed E-state index contributed by atoms with van der Waals surface area (Å²) in [5.41, 5.74) is 0.227. The van der Waals surface area contributed by atoms with Gasteiger partial charge in [-0.05, 0) is 37.1 Å². The number of rotatable bonds is 8. The van der Waals surface area contributed by atoms with Crippen LogP contribution in [0.1, 0.15) is 32.1 Å². The summed E-state index contributed by atoms with van der Waals surface area (Å²) in [7, 11) is 1.70. The van der Waals surface area contributed by atoms with Crippen LogP contribution in [0.4, 0.5) is 15.9 Å². The van der Waals surface area contributed by atoms with Crippen LogP contribution in [-0.4, -0.2) is 68.8 Å². The second-order valence-corrected chi connectivity index (χ2v) is 9.12. The Morgan fingerprint density at radius 1 is 1.06 bits per heavy atom. The molecule has 6 nitrogen and oxygen atoms in total. The van der Waals surface area contributed by atoms with E-state index >= 15 is 0 Å². The largest absolute Gasteiger partial charge is 0.495 e. The number of benzene rings is 1. The molecule has 1 saturated carbocycles. The van der Waals surface area contributed by atoms with Gasteiger partial charge in [-0.25, -0.2) is 9.37 Å². The van der Waals surface area contributed by atoms with E-state index in [0.29, 0.717) is 25.2 Å². The molecule has 2 heterocycles. The second-order valence-electron chi connectivity index (χ2n) is 9.12. The van der Waals surface area contributed by atoms with E-state index < -0.39 is 12.1 Å². The maximum atomic E-state index is 14.2. The number of amides is 1. The predicted molar refractivity (Wildman–Crippen MR) is 130 cm³/mol. The van der Waals surface area contributed by atoms with Crippen LogP contribution in [0.2, 0.25) is 0 Å². The molecule has 1 aliphatic heterocycles. The van der Waals surface area contributed by atoms with E-state index in [1.54, 1.807) is 18.2 Å². The van der Waals surface area contributed by atoms with E-state index in [1.165, 1.54) is 0 Å². The normalized spacial score (nSPS) is 18.7. The van der Waals surface area contributed by atoms with Gasteiger partial charge in [0.1, 0.15) is 18.2 Å². The van der Waals surface area contributed by atoms with Crippen LogP contribution < -0.4 is 14.5 Å². The lowest BCUT2D eigenvalue weighted by molar-refractivity contribution is -0.131. The molecule has 1 saturated heterocycles. The monoisotopic (exact) mass is 454 g/mol. The fourth-order valence-corrected chi connectivity index (χ4v) is 5.10. The lowest BCUT2D eigenvalue weighted by Crippen LogP contribution is -2.52. The first-order valence-electron chi connectivity index (χ1n) is 12.1.